The van der Waals surface area contributed by atoms with Crippen LogP contribution >= 0.6 is 27.3 Å². The van der Waals surface area contributed by atoms with Crippen molar-refractivity contribution in [3.8, 4) is 10.4 Å². The van der Waals surface area contributed by atoms with Crippen molar-refractivity contribution in [2.75, 3.05) is 10.6 Å². The molecular formula is C19H14BrFN2O2S. The molecule has 0 fully saturated rings. The van der Waals surface area contributed by atoms with Crippen molar-refractivity contribution in [3.05, 3.63) is 69.8 Å². The van der Waals surface area contributed by atoms with Gasteiger partial charge in [0.2, 0.25) is 5.91 Å². The van der Waals surface area contributed by atoms with Gasteiger partial charge in [-0.25, -0.2) is 4.39 Å². The van der Waals surface area contributed by atoms with Crippen LogP contribution in [-0.4, -0.2) is 11.8 Å². The van der Waals surface area contributed by atoms with Gasteiger partial charge in [0.25, 0.3) is 5.91 Å². The van der Waals surface area contributed by atoms with Crippen LogP contribution < -0.4 is 10.6 Å². The number of benzene rings is 2. The highest BCUT2D eigenvalue weighted by atomic mass is 79.9. The highest BCUT2D eigenvalue weighted by Gasteiger charge is 2.13. The third-order valence-electron chi connectivity index (χ3n) is 3.50. The van der Waals surface area contributed by atoms with Crippen LogP contribution in [0.2, 0.25) is 0 Å². The number of nitrogens with one attached hydrogen (secondary N) is 2. The fourth-order valence-electron chi connectivity index (χ4n) is 2.33. The van der Waals surface area contributed by atoms with Gasteiger partial charge in [0.1, 0.15) is 5.82 Å². The van der Waals surface area contributed by atoms with Crippen molar-refractivity contribution < 1.29 is 14.0 Å². The van der Waals surface area contributed by atoms with Crippen molar-refractivity contribution in [2.45, 2.75) is 6.92 Å². The number of thiophene rings is 1. The lowest BCUT2D eigenvalue weighted by molar-refractivity contribution is -0.114. The lowest BCUT2D eigenvalue weighted by Crippen LogP contribution is -2.14. The van der Waals surface area contributed by atoms with Crippen LogP contribution in [0.15, 0.2) is 59.1 Å². The monoisotopic (exact) mass is 432 g/mol. The fraction of sp³-hybridized carbons (Fsp3) is 0.0526. The summed E-state index contributed by atoms with van der Waals surface area (Å²) in [7, 11) is 0. The second-order valence-electron chi connectivity index (χ2n) is 5.50. The molecule has 0 radical (unpaired) electrons. The summed E-state index contributed by atoms with van der Waals surface area (Å²) in [6.45, 7) is 1.40. The Morgan fingerprint density at radius 2 is 1.69 bits per heavy atom. The summed E-state index contributed by atoms with van der Waals surface area (Å²) >= 11 is 4.67. The lowest BCUT2D eigenvalue weighted by atomic mass is 10.2. The molecule has 2 amide bonds. The Labute approximate surface area is 162 Å². The van der Waals surface area contributed by atoms with E-state index in [1.165, 1.54) is 30.4 Å². The molecule has 132 valence electrons. The summed E-state index contributed by atoms with van der Waals surface area (Å²) in [5, 5.41) is 5.50. The number of amides is 2. The second-order valence-corrected chi connectivity index (χ2v) is 7.50. The van der Waals surface area contributed by atoms with Crippen LogP contribution in [0, 0.1) is 5.82 Å². The van der Waals surface area contributed by atoms with Gasteiger partial charge in [0, 0.05) is 16.3 Å². The van der Waals surface area contributed by atoms with Crippen molar-refractivity contribution >= 4 is 50.5 Å². The Morgan fingerprint density at radius 1 is 0.962 bits per heavy atom. The summed E-state index contributed by atoms with van der Waals surface area (Å²) in [5.74, 6) is -0.811. The number of hydrogen-bond donors (Lipinski definition) is 2. The molecule has 0 aliphatic heterocycles. The molecule has 1 heterocycles. The van der Waals surface area contributed by atoms with Crippen molar-refractivity contribution in [1.29, 1.82) is 0 Å². The van der Waals surface area contributed by atoms with Crippen molar-refractivity contribution in [2.24, 2.45) is 0 Å². The van der Waals surface area contributed by atoms with Gasteiger partial charge in [-0.2, -0.15) is 0 Å². The summed E-state index contributed by atoms with van der Waals surface area (Å²) in [6.07, 6.45) is 0. The van der Waals surface area contributed by atoms with Gasteiger partial charge in [-0.15, -0.1) is 11.3 Å². The zero-order valence-corrected chi connectivity index (χ0v) is 16.1. The summed E-state index contributed by atoms with van der Waals surface area (Å²) < 4.78 is 13.8. The maximum atomic E-state index is 13.0. The molecule has 7 heteroatoms. The first-order chi connectivity index (χ1) is 12.4. The molecule has 0 aliphatic carbocycles. The number of carbonyl (C=O) groups is 2. The highest BCUT2D eigenvalue weighted by molar-refractivity contribution is 9.10. The average molecular weight is 433 g/mol. The van der Waals surface area contributed by atoms with E-state index in [4.69, 9.17) is 0 Å². The fourth-order valence-corrected chi connectivity index (χ4v) is 3.60. The zero-order chi connectivity index (χ0) is 18.7. The minimum atomic E-state index is -0.302. The van der Waals surface area contributed by atoms with E-state index in [0.717, 1.165) is 14.9 Å². The lowest BCUT2D eigenvalue weighted by Gasteiger charge is -2.11. The predicted octanol–water partition coefficient (Wildman–Crippen LogP) is 5.53. The second kappa shape index (κ2) is 7.80. The third kappa shape index (κ3) is 4.36. The van der Waals surface area contributed by atoms with E-state index in [2.05, 4.69) is 26.6 Å². The molecule has 2 N–H and O–H groups in total. The van der Waals surface area contributed by atoms with Gasteiger partial charge in [0.05, 0.1) is 16.3 Å². The molecule has 0 saturated heterocycles. The van der Waals surface area contributed by atoms with E-state index in [-0.39, 0.29) is 17.6 Å². The third-order valence-corrected chi connectivity index (χ3v) is 5.13. The molecule has 0 saturated carbocycles. The molecular weight excluding hydrogens is 419 g/mol. The van der Waals surface area contributed by atoms with E-state index >= 15 is 0 Å². The van der Waals surface area contributed by atoms with E-state index in [1.54, 1.807) is 36.4 Å². The first kappa shape index (κ1) is 18.3. The number of rotatable bonds is 4. The first-order valence-corrected chi connectivity index (χ1v) is 9.27. The smallest absolute Gasteiger partial charge is 0.265 e. The molecule has 26 heavy (non-hydrogen) atoms. The van der Waals surface area contributed by atoms with E-state index in [9.17, 15) is 14.0 Å². The van der Waals surface area contributed by atoms with Crippen LogP contribution in [0.4, 0.5) is 15.8 Å². The molecule has 3 rings (SSSR count). The number of halogens is 2. The Hall–Kier alpha value is -2.51. The Morgan fingerprint density at radius 3 is 2.38 bits per heavy atom. The molecule has 0 spiro atoms. The summed E-state index contributed by atoms with van der Waals surface area (Å²) in [5.41, 5.74) is 1.86. The normalized spacial score (nSPS) is 10.4. The molecule has 0 unspecified atom stereocenters. The van der Waals surface area contributed by atoms with Crippen LogP contribution in [0.3, 0.4) is 0 Å². The van der Waals surface area contributed by atoms with Crippen LogP contribution in [0.5, 0.6) is 0 Å². The molecule has 0 aliphatic rings. The Balaban J connectivity index is 1.82. The highest BCUT2D eigenvalue weighted by Crippen LogP contribution is 2.30. The van der Waals surface area contributed by atoms with Gasteiger partial charge in [-0.3, -0.25) is 9.59 Å². The largest absolute Gasteiger partial charge is 0.325 e. The van der Waals surface area contributed by atoms with E-state index in [0.29, 0.717) is 16.3 Å². The molecule has 2 aromatic carbocycles. The maximum absolute atomic E-state index is 13.0. The van der Waals surface area contributed by atoms with Crippen molar-refractivity contribution in [3.63, 3.8) is 0 Å². The van der Waals surface area contributed by atoms with Crippen LogP contribution in [-0.2, 0) is 4.79 Å². The van der Waals surface area contributed by atoms with E-state index in [1.807, 2.05) is 6.07 Å². The Kier molecular flexibility index (Phi) is 5.49. The quantitative estimate of drug-likeness (QED) is 0.569. The molecule has 0 atom stereocenters. The van der Waals surface area contributed by atoms with Gasteiger partial charge in [0.15, 0.2) is 0 Å². The molecule has 4 nitrogen and oxygen atoms in total. The van der Waals surface area contributed by atoms with Gasteiger partial charge in [-0.1, -0.05) is 28.1 Å². The van der Waals surface area contributed by atoms with Crippen LogP contribution in [0.1, 0.15) is 16.6 Å². The first-order valence-electron chi connectivity index (χ1n) is 7.66. The topological polar surface area (TPSA) is 58.2 Å². The zero-order valence-electron chi connectivity index (χ0n) is 13.7. The molecule has 3 aromatic rings. The maximum Gasteiger partial charge on any atom is 0.265 e. The average Bonchev–Trinajstić information content (AvgIpc) is 3.08. The predicted molar refractivity (Wildman–Crippen MR) is 106 cm³/mol. The SMILES string of the molecule is CC(=O)Nc1ccc(Br)cc1NC(=O)c1ccc(-c2ccc(F)cc2)s1. The van der Waals surface area contributed by atoms with Crippen molar-refractivity contribution in [1.82, 2.24) is 0 Å². The minimum absolute atomic E-state index is 0.224. The van der Waals surface area contributed by atoms with Gasteiger partial charge in [-0.05, 0) is 48.0 Å². The minimum Gasteiger partial charge on any atom is -0.325 e. The number of hydrogen-bond acceptors (Lipinski definition) is 3. The summed E-state index contributed by atoms with van der Waals surface area (Å²) in [4.78, 5) is 25.3. The number of carbonyl (C=O) groups excluding carboxylic acids is 2. The number of anilines is 2. The Bertz CT molecular complexity index is 970. The van der Waals surface area contributed by atoms with Gasteiger partial charge < -0.3 is 10.6 Å². The standard InChI is InChI=1S/C19H14BrFN2O2S/c1-11(24)22-15-7-4-13(20)10-16(15)23-19(25)18-9-8-17(26-18)12-2-5-14(21)6-3-12/h2-10H,1H3,(H,22,24)(H,23,25). The van der Waals surface area contributed by atoms with Crippen LogP contribution in [0.25, 0.3) is 10.4 Å². The van der Waals surface area contributed by atoms with Gasteiger partial charge >= 0.3 is 0 Å². The van der Waals surface area contributed by atoms with E-state index < -0.39 is 0 Å². The molecule has 0 bridgehead atoms. The summed E-state index contributed by atoms with van der Waals surface area (Å²) in [6, 6.07) is 14.9. The molecule has 1 aromatic heterocycles.